The molecule has 5 nitrogen and oxygen atoms in total. The normalized spacial score (nSPS) is 19.1. The van der Waals surface area contributed by atoms with Crippen molar-refractivity contribution in [3.8, 4) is 5.75 Å². The van der Waals surface area contributed by atoms with Crippen LogP contribution in [0.5, 0.6) is 5.75 Å². The van der Waals surface area contributed by atoms with E-state index in [1.54, 1.807) is 18.2 Å². The zero-order valence-electron chi connectivity index (χ0n) is 27.2. The lowest BCUT2D eigenvalue weighted by atomic mass is 9.79. The highest BCUT2D eigenvalue weighted by atomic mass is 16.3. The van der Waals surface area contributed by atoms with Gasteiger partial charge in [0.25, 0.3) is 5.91 Å². The summed E-state index contributed by atoms with van der Waals surface area (Å²) in [5.41, 5.74) is -8.50. The van der Waals surface area contributed by atoms with Gasteiger partial charge in [0, 0.05) is 41.2 Å². The van der Waals surface area contributed by atoms with E-state index < -0.39 is 82.9 Å². The molecule has 0 unspecified atom stereocenters. The van der Waals surface area contributed by atoms with Gasteiger partial charge in [0.1, 0.15) is 11.3 Å². The highest BCUT2D eigenvalue weighted by molar-refractivity contribution is 6.06. The number of anilines is 1. The molecule has 1 amide bonds. The van der Waals surface area contributed by atoms with Crippen molar-refractivity contribution in [2.45, 2.75) is 52.2 Å². The minimum absolute atomic E-state index is 0.107. The summed E-state index contributed by atoms with van der Waals surface area (Å²) in [6.07, 6.45) is 1.04. The van der Waals surface area contributed by atoms with Crippen LogP contribution in [0.3, 0.4) is 0 Å². The second-order valence-corrected chi connectivity index (χ2v) is 7.75. The molecule has 0 atom stereocenters. The van der Waals surface area contributed by atoms with Gasteiger partial charge in [-0.1, -0.05) is 53.5 Å². The highest BCUT2D eigenvalue weighted by Crippen LogP contribution is 2.39. The molecule has 0 fully saturated rings. The Labute approximate surface area is 186 Å². The molecule has 0 saturated carbocycles. The molecule has 0 aliphatic carbocycles. The van der Waals surface area contributed by atoms with Crippen molar-refractivity contribution in [2.24, 2.45) is 0 Å². The monoisotopic (exact) mass is 403 g/mol. The van der Waals surface area contributed by atoms with Gasteiger partial charge in [-0.25, -0.2) is 0 Å². The number of nitrogens with one attached hydrogen (secondary N) is 2. The SMILES string of the molecule is [2H]c1c(O)c(C(C)(C)C)c([2H])c(C(C([2H])([2H])[2H])(C([2H])([2H])[2H])C([2H])([2H])[2H])c1NC(=O)c1c[nH]c2ccccc2c1=O. The first-order valence-electron chi connectivity index (χ1n) is 14.3. The zero-order chi connectivity index (χ0) is 30.8. The lowest BCUT2D eigenvalue weighted by molar-refractivity contribution is 0.102. The van der Waals surface area contributed by atoms with E-state index in [2.05, 4.69) is 10.3 Å². The lowest BCUT2D eigenvalue weighted by Crippen LogP contribution is -2.25. The minimum atomic E-state index is -3.84. The zero-order valence-corrected chi connectivity index (χ0v) is 16.2. The van der Waals surface area contributed by atoms with E-state index in [0.29, 0.717) is 5.52 Å². The van der Waals surface area contributed by atoms with Crippen LogP contribution in [0, 0.1) is 0 Å². The van der Waals surface area contributed by atoms with E-state index in [0.717, 1.165) is 6.20 Å². The molecular formula is C24H28N2O3. The Morgan fingerprint density at radius 1 is 1.10 bits per heavy atom. The standard InChI is InChI=1S/C24H28N2O3/c1-23(2,3)16-11-17(24(4,5)6)20(27)12-19(16)26-22(29)15-13-25-18-10-8-7-9-14(18)21(15)28/h7-13,27H,1-6H3,(H,25,28)(H,26,29)/i1D3,2D3,3D3,11D,12D. The molecule has 1 aromatic heterocycles. The van der Waals surface area contributed by atoms with Crippen LogP contribution >= 0.6 is 0 Å². The molecule has 3 N–H and O–H groups in total. The van der Waals surface area contributed by atoms with E-state index in [4.69, 9.17) is 15.1 Å². The summed E-state index contributed by atoms with van der Waals surface area (Å²) in [6, 6.07) is 4.21. The summed E-state index contributed by atoms with van der Waals surface area (Å²) in [6.45, 7) is -7.05. The number of aromatic nitrogens is 1. The number of rotatable bonds is 2. The van der Waals surface area contributed by atoms with Crippen LogP contribution in [0.2, 0.25) is 0 Å². The van der Waals surface area contributed by atoms with Crippen LogP contribution in [0.25, 0.3) is 10.9 Å². The van der Waals surface area contributed by atoms with Gasteiger partial charge in [-0.2, -0.15) is 0 Å². The topological polar surface area (TPSA) is 82.2 Å². The van der Waals surface area contributed by atoms with Crippen molar-refractivity contribution < 1.29 is 25.0 Å². The average molecular weight is 404 g/mol. The molecule has 0 aliphatic rings. The van der Waals surface area contributed by atoms with Gasteiger partial charge in [-0.3, -0.25) is 9.59 Å². The predicted molar refractivity (Wildman–Crippen MR) is 118 cm³/mol. The van der Waals surface area contributed by atoms with Crippen LogP contribution in [0.15, 0.2) is 47.3 Å². The Bertz CT molecular complexity index is 1510. The summed E-state index contributed by atoms with van der Waals surface area (Å²) in [5.74, 6) is -2.14. The summed E-state index contributed by atoms with van der Waals surface area (Å²) in [4.78, 5) is 29.2. The smallest absolute Gasteiger partial charge is 0.261 e. The summed E-state index contributed by atoms with van der Waals surface area (Å²) in [5, 5.41) is 13.1. The van der Waals surface area contributed by atoms with Crippen LogP contribution in [0.1, 0.15) is 77.9 Å². The van der Waals surface area contributed by atoms with Gasteiger partial charge in [0.2, 0.25) is 5.43 Å². The number of benzene rings is 2. The Morgan fingerprint density at radius 2 is 1.79 bits per heavy atom. The first kappa shape index (κ1) is 10.6. The molecule has 2 aromatic carbocycles. The van der Waals surface area contributed by atoms with Crippen molar-refractivity contribution in [3.63, 3.8) is 0 Å². The Morgan fingerprint density at radius 3 is 2.45 bits per heavy atom. The van der Waals surface area contributed by atoms with Crippen molar-refractivity contribution in [2.75, 3.05) is 5.32 Å². The van der Waals surface area contributed by atoms with E-state index in [9.17, 15) is 14.7 Å². The first-order valence-corrected chi connectivity index (χ1v) is 8.79. The number of amides is 1. The van der Waals surface area contributed by atoms with E-state index in [1.807, 2.05) is 0 Å². The van der Waals surface area contributed by atoms with Gasteiger partial charge in [-0.05, 0) is 40.1 Å². The van der Waals surface area contributed by atoms with Crippen LogP contribution in [-0.2, 0) is 10.8 Å². The van der Waals surface area contributed by atoms with Crippen LogP contribution < -0.4 is 10.7 Å². The second-order valence-electron chi connectivity index (χ2n) is 7.75. The third kappa shape index (κ3) is 4.04. The van der Waals surface area contributed by atoms with Gasteiger partial charge >= 0.3 is 0 Å². The fourth-order valence-corrected chi connectivity index (χ4v) is 2.92. The predicted octanol–water partition coefficient (Wildman–Crippen LogP) is 5.08. The number of aromatic hydroxyl groups is 1. The summed E-state index contributed by atoms with van der Waals surface area (Å²) < 4.78 is 90.7. The fraction of sp³-hybridized carbons (Fsp3) is 0.333. The van der Waals surface area contributed by atoms with Crippen LogP contribution in [0.4, 0.5) is 5.69 Å². The second kappa shape index (κ2) is 7.07. The van der Waals surface area contributed by atoms with Gasteiger partial charge < -0.3 is 15.4 Å². The molecule has 1 heterocycles. The Hall–Kier alpha value is -3.08. The Balaban J connectivity index is 2.52. The number of hydrogen-bond acceptors (Lipinski definition) is 3. The van der Waals surface area contributed by atoms with E-state index in [1.165, 1.54) is 26.8 Å². The van der Waals surface area contributed by atoms with Crippen molar-refractivity contribution in [3.05, 3.63) is 69.5 Å². The van der Waals surface area contributed by atoms with Gasteiger partial charge in [0.15, 0.2) is 0 Å². The molecule has 0 radical (unpaired) electrons. The van der Waals surface area contributed by atoms with E-state index >= 15 is 0 Å². The number of H-pyrrole nitrogens is 1. The number of aromatic amines is 1. The van der Waals surface area contributed by atoms with E-state index in [-0.39, 0.29) is 5.39 Å². The number of carbonyl (C=O) groups excluding carboxylic acids is 1. The number of carbonyl (C=O) groups is 1. The quantitative estimate of drug-likeness (QED) is 0.558. The third-order valence-electron chi connectivity index (χ3n) is 4.38. The number of para-hydroxylation sites is 1. The number of pyridine rings is 1. The molecule has 0 spiro atoms. The summed E-state index contributed by atoms with van der Waals surface area (Å²) >= 11 is 0. The third-order valence-corrected chi connectivity index (χ3v) is 4.38. The van der Waals surface area contributed by atoms with Crippen molar-refractivity contribution in [1.82, 2.24) is 4.98 Å². The largest absolute Gasteiger partial charge is 0.508 e. The molecule has 5 heteroatoms. The average Bonchev–Trinajstić information content (AvgIpc) is 2.76. The molecule has 0 saturated heterocycles. The Kier molecular flexibility index (Phi) is 2.59. The maximum absolute atomic E-state index is 13.4. The maximum atomic E-state index is 13.4. The van der Waals surface area contributed by atoms with Crippen molar-refractivity contribution >= 4 is 22.5 Å². The molecule has 0 bridgehead atoms. The molecular weight excluding hydrogens is 364 g/mol. The lowest BCUT2D eigenvalue weighted by Gasteiger charge is -2.28. The number of phenolic OH excluding ortho intramolecular Hbond substituents is 1. The molecule has 29 heavy (non-hydrogen) atoms. The molecule has 0 aliphatic heterocycles. The molecule has 3 rings (SSSR count). The van der Waals surface area contributed by atoms with Gasteiger partial charge in [0.05, 0.1) is 2.74 Å². The number of phenols is 1. The minimum Gasteiger partial charge on any atom is -0.508 e. The maximum Gasteiger partial charge on any atom is 0.261 e. The van der Waals surface area contributed by atoms with Crippen LogP contribution in [-0.4, -0.2) is 16.0 Å². The number of hydrogen-bond donors (Lipinski definition) is 3. The number of fused-ring (bicyclic) bond motifs is 1. The first-order chi connectivity index (χ1) is 18.0. The van der Waals surface area contributed by atoms with Gasteiger partial charge in [-0.15, -0.1) is 0 Å². The molecule has 3 aromatic rings. The molecule has 152 valence electrons. The fourth-order valence-electron chi connectivity index (χ4n) is 2.92. The van der Waals surface area contributed by atoms with Crippen molar-refractivity contribution in [1.29, 1.82) is 0 Å². The summed E-state index contributed by atoms with van der Waals surface area (Å²) in [7, 11) is 0. The highest BCUT2D eigenvalue weighted by Gasteiger charge is 2.26.